The number of hydrogen-bond donors (Lipinski definition) is 1. The first-order chi connectivity index (χ1) is 12.7. The Balaban J connectivity index is 2.06. The first kappa shape index (κ1) is 20.0. The minimum Gasteiger partial charge on any atom is -0.353 e. The Bertz CT molecular complexity index is 1010. The average Bonchev–Trinajstić information content (AvgIpc) is 3.06. The van der Waals surface area contributed by atoms with E-state index in [0.717, 1.165) is 5.56 Å². The number of halogens is 2. The zero-order chi connectivity index (χ0) is 19.7. The molecule has 0 spiro atoms. The topological polar surface area (TPSA) is 51.1 Å². The highest BCUT2D eigenvalue weighted by molar-refractivity contribution is 7.89. The van der Waals surface area contributed by atoms with E-state index in [2.05, 4.69) is 4.72 Å². The molecule has 0 amide bonds. The summed E-state index contributed by atoms with van der Waals surface area (Å²) in [5.74, 6) is 0. The molecule has 0 bridgehead atoms. The van der Waals surface area contributed by atoms with E-state index in [1.165, 1.54) is 0 Å². The van der Waals surface area contributed by atoms with Gasteiger partial charge in [0, 0.05) is 18.9 Å². The first-order valence-electron chi connectivity index (χ1n) is 8.35. The van der Waals surface area contributed by atoms with Crippen LogP contribution in [0.1, 0.15) is 22.9 Å². The molecule has 4 nitrogen and oxygen atoms in total. The maximum absolute atomic E-state index is 13.0. The number of nitrogens with zero attached hydrogens (tertiary/aromatic N) is 1. The zero-order valence-corrected chi connectivity index (χ0v) is 17.3. The van der Waals surface area contributed by atoms with E-state index in [0.29, 0.717) is 11.3 Å². The lowest BCUT2D eigenvalue weighted by atomic mass is 10.0. The van der Waals surface area contributed by atoms with Crippen molar-refractivity contribution in [1.29, 1.82) is 0 Å². The molecule has 3 rings (SSSR count). The lowest BCUT2D eigenvalue weighted by molar-refractivity contribution is 0.515. The largest absolute Gasteiger partial charge is 0.353 e. The van der Waals surface area contributed by atoms with Gasteiger partial charge in [-0.25, -0.2) is 8.42 Å². The third kappa shape index (κ3) is 4.22. The van der Waals surface area contributed by atoms with Crippen LogP contribution in [0.3, 0.4) is 0 Å². The zero-order valence-electron chi connectivity index (χ0n) is 14.9. The van der Waals surface area contributed by atoms with Crippen LogP contribution < -0.4 is 4.72 Å². The fourth-order valence-corrected chi connectivity index (χ4v) is 4.81. The van der Waals surface area contributed by atoms with Gasteiger partial charge in [-0.2, -0.15) is 4.72 Å². The summed E-state index contributed by atoms with van der Waals surface area (Å²) in [6.45, 7) is 1.90. The summed E-state index contributed by atoms with van der Waals surface area (Å²) in [6, 6.07) is 18.4. The fourth-order valence-electron chi connectivity index (χ4n) is 2.86. The van der Waals surface area contributed by atoms with Crippen molar-refractivity contribution in [2.45, 2.75) is 22.2 Å². The molecule has 0 fully saturated rings. The molecule has 0 saturated heterocycles. The highest BCUT2D eigenvalue weighted by Gasteiger charge is 2.41. The highest BCUT2D eigenvalue weighted by atomic mass is 35.5. The summed E-state index contributed by atoms with van der Waals surface area (Å²) < 4.78 is 29.0. The van der Waals surface area contributed by atoms with Crippen LogP contribution in [0.2, 0.25) is 0 Å². The van der Waals surface area contributed by atoms with Gasteiger partial charge in [-0.1, -0.05) is 71.2 Å². The number of aryl methyl sites for hydroxylation is 2. The van der Waals surface area contributed by atoms with Gasteiger partial charge in [-0.05, 0) is 36.8 Å². The molecule has 0 aliphatic carbocycles. The van der Waals surface area contributed by atoms with Gasteiger partial charge in [0.25, 0.3) is 0 Å². The normalized spacial score (nSPS) is 13.5. The molecular formula is C20H20Cl2N2O2S. The van der Waals surface area contributed by atoms with Crippen molar-refractivity contribution >= 4 is 33.2 Å². The molecule has 27 heavy (non-hydrogen) atoms. The minimum atomic E-state index is -3.84. The molecular weight excluding hydrogens is 403 g/mol. The Kier molecular flexibility index (Phi) is 5.68. The average molecular weight is 423 g/mol. The van der Waals surface area contributed by atoms with E-state index in [9.17, 15) is 8.42 Å². The van der Waals surface area contributed by atoms with Crippen LogP contribution >= 0.6 is 23.2 Å². The lowest BCUT2D eigenvalue weighted by Gasteiger charge is -2.31. The van der Waals surface area contributed by atoms with E-state index < -0.39 is 20.4 Å². The van der Waals surface area contributed by atoms with Gasteiger partial charge in [-0.15, -0.1) is 0 Å². The summed E-state index contributed by atoms with van der Waals surface area (Å²) in [5.41, 5.74) is 2.23. The fraction of sp³-hybridized carbons (Fsp3) is 0.200. The van der Waals surface area contributed by atoms with E-state index in [4.69, 9.17) is 23.2 Å². The van der Waals surface area contributed by atoms with Crippen LogP contribution in [0.25, 0.3) is 0 Å². The Morgan fingerprint density at radius 2 is 1.59 bits per heavy atom. The van der Waals surface area contributed by atoms with Crippen molar-refractivity contribution in [3.05, 3.63) is 89.7 Å². The Morgan fingerprint density at radius 3 is 2.15 bits per heavy atom. The standard InChI is InChI=1S/C20H20Cl2N2O2S/c1-15-10-12-17(13-11-15)27(25,26)23-19(18-9-6-14-24(18)2)20(21,22)16-7-4-3-5-8-16/h3-14,19,23H,1-2H3. The second kappa shape index (κ2) is 7.68. The van der Waals surface area contributed by atoms with Gasteiger partial charge in [-0.3, -0.25) is 0 Å². The lowest BCUT2D eigenvalue weighted by Crippen LogP contribution is -2.39. The van der Waals surface area contributed by atoms with Gasteiger partial charge in [0.2, 0.25) is 10.0 Å². The Morgan fingerprint density at radius 1 is 0.963 bits per heavy atom. The van der Waals surface area contributed by atoms with Gasteiger partial charge in [0.15, 0.2) is 4.33 Å². The summed E-state index contributed by atoms with van der Waals surface area (Å²) in [4.78, 5) is 0.157. The van der Waals surface area contributed by atoms with Crippen LogP contribution in [-0.4, -0.2) is 13.0 Å². The minimum absolute atomic E-state index is 0.157. The number of nitrogens with one attached hydrogen (secondary N) is 1. The summed E-state index contributed by atoms with van der Waals surface area (Å²) in [5, 5.41) is 0. The van der Waals surface area contributed by atoms with Crippen molar-refractivity contribution < 1.29 is 8.42 Å². The molecule has 1 heterocycles. The number of benzene rings is 2. The number of alkyl halides is 2. The summed E-state index contributed by atoms with van der Waals surface area (Å²) in [6.07, 6.45) is 1.82. The van der Waals surface area contributed by atoms with Crippen LogP contribution in [0.15, 0.2) is 77.8 Å². The highest BCUT2D eigenvalue weighted by Crippen LogP contribution is 2.45. The van der Waals surface area contributed by atoms with Gasteiger partial charge >= 0.3 is 0 Å². The molecule has 2 aromatic carbocycles. The molecule has 3 aromatic rings. The predicted octanol–water partition coefficient (Wildman–Crippen LogP) is 4.68. The molecule has 0 aliphatic rings. The molecule has 7 heteroatoms. The van der Waals surface area contributed by atoms with Crippen LogP contribution in [0.5, 0.6) is 0 Å². The Hall–Kier alpha value is -1.79. The van der Waals surface area contributed by atoms with E-state index in [1.54, 1.807) is 47.0 Å². The molecule has 1 N–H and O–H groups in total. The molecule has 0 aliphatic heterocycles. The van der Waals surface area contributed by atoms with Gasteiger partial charge in [0.1, 0.15) is 0 Å². The van der Waals surface area contributed by atoms with Crippen molar-refractivity contribution in [3.63, 3.8) is 0 Å². The van der Waals surface area contributed by atoms with Gasteiger partial charge < -0.3 is 4.57 Å². The maximum atomic E-state index is 13.0. The molecule has 1 atom stereocenters. The van der Waals surface area contributed by atoms with Crippen molar-refractivity contribution in [2.24, 2.45) is 7.05 Å². The van der Waals surface area contributed by atoms with Crippen LogP contribution in [0.4, 0.5) is 0 Å². The van der Waals surface area contributed by atoms with Crippen LogP contribution in [0, 0.1) is 6.92 Å². The van der Waals surface area contributed by atoms with Crippen LogP contribution in [-0.2, 0) is 21.4 Å². The number of sulfonamides is 1. The summed E-state index contributed by atoms with van der Waals surface area (Å²) in [7, 11) is -2.03. The molecule has 0 radical (unpaired) electrons. The monoisotopic (exact) mass is 422 g/mol. The first-order valence-corrected chi connectivity index (χ1v) is 10.6. The Labute approximate surface area is 169 Å². The summed E-state index contributed by atoms with van der Waals surface area (Å²) >= 11 is 13.5. The van der Waals surface area contributed by atoms with Crippen molar-refractivity contribution in [2.75, 3.05) is 0 Å². The number of rotatable bonds is 6. The molecule has 1 unspecified atom stereocenters. The second-order valence-corrected chi connectivity index (χ2v) is 9.50. The van der Waals surface area contributed by atoms with E-state index in [1.807, 2.05) is 44.4 Å². The van der Waals surface area contributed by atoms with Crippen molar-refractivity contribution in [3.8, 4) is 0 Å². The van der Waals surface area contributed by atoms with E-state index >= 15 is 0 Å². The second-order valence-electron chi connectivity index (χ2n) is 6.40. The van der Waals surface area contributed by atoms with Gasteiger partial charge in [0.05, 0.1) is 10.9 Å². The predicted molar refractivity (Wildman–Crippen MR) is 109 cm³/mol. The van der Waals surface area contributed by atoms with E-state index in [-0.39, 0.29) is 4.90 Å². The maximum Gasteiger partial charge on any atom is 0.241 e. The third-order valence-electron chi connectivity index (χ3n) is 4.41. The molecule has 142 valence electrons. The third-order valence-corrected chi connectivity index (χ3v) is 6.72. The quantitative estimate of drug-likeness (QED) is 0.586. The number of hydrogen-bond acceptors (Lipinski definition) is 2. The smallest absolute Gasteiger partial charge is 0.241 e. The SMILES string of the molecule is Cc1ccc(S(=O)(=O)NC(c2cccn2C)C(Cl)(Cl)c2ccccc2)cc1. The number of aromatic nitrogens is 1. The van der Waals surface area contributed by atoms with Crippen molar-refractivity contribution in [1.82, 2.24) is 9.29 Å². The molecule has 0 saturated carbocycles. The molecule has 1 aromatic heterocycles.